The molecule has 0 radical (unpaired) electrons. The van der Waals surface area contributed by atoms with Crippen LogP contribution in [0.3, 0.4) is 0 Å². The van der Waals surface area contributed by atoms with Crippen LogP contribution >= 0.6 is 27.5 Å². The van der Waals surface area contributed by atoms with Crippen molar-refractivity contribution in [1.29, 1.82) is 0 Å². The second kappa shape index (κ2) is 5.92. The molecule has 0 aromatic heterocycles. The standard InChI is InChI=1S/C17H23BrClNO/c1-16(2)8-12(9-17(3,4)10-16)20-15(21)11-5-6-13(18)14(19)7-11/h5-7,12H,8-10H2,1-4H3,(H,20,21). The molecule has 21 heavy (non-hydrogen) atoms. The highest BCUT2D eigenvalue weighted by molar-refractivity contribution is 9.10. The molecule has 0 atom stereocenters. The van der Waals surface area contributed by atoms with Crippen LogP contribution in [0, 0.1) is 10.8 Å². The summed E-state index contributed by atoms with van der Waals surface area (Å²) < 4.78 is 0.806. The summed E-state index contributed by atoms with van der Waals surface area (Å²) in [6.45, 7) is 9.13. The molecule has 1 saturated carbocycles. The van der Waals surface area contributed by atoms with Crippen molar-refractivity contribution < 1.29 is 4.79 Å². The van der Waals surface area contributed by atoms with Crippen LogP contribution in [0.4, 0.5) is 0 Å². The molecule has 116 valence electrons. The Hall–Kier alpha value is -0.540. The maximum Gasteiger partial charge on any atom is 0.251 e. The summed E-state index contributed by atoms with van der Waals surface area (Å²) >= 11 is 9.41. The maximum atomic E-state index is 12.4. The van der Waals surface area contributed by atoms with E-state index in [4.69, 9.17) is 11.6 Å². The van der Waals surface area contributed by atoms with Gasteiger partial charge in [-0.2, -0.15) is 0 Å². The molecule has 2 nitrogen and oxygen atoms in total. The number of amides is 1. The summed E-state index contributed by atoms with van der Waals surface area (Å²) in [4.78, 5) is 12.4. The number of benzene rings is 1. The minimum atomic E-state index is -0.0390. The largest absolute Gasteiger partial charge is 0.349 e. The molecule has 0 saturated heterocycles. The Morgan fingerprint density at radius 2 is 1.81 bits per heavy atom. The fraction of sp³-hybridized carbons (Fsp3) is 0.588. The van der Waals surface area contributed by atoms with Gasteiger partial charge in [-0.05, 0) is 64.2 Å². The Balaban J connectivity index is 2.10. The lowest BCUT2D eigenvalue weighted by Gasteiger charge is -2.45. The molecular weight excluding hydrogens is 350 g/mol. The second-order valence-corrected chi connectivity index (χ2v) is 8.97. The molecule has 0 spiro atoms. The van der Waals surface area contributed by atoms with Crippen LogP contribution in [0.15, 0.2) is 22.7 Å². The van der Waals surface area contributed by atoms with Gasteiger partial charge >= 0.3 is 0 Å². The predicted octanol–water partition coefficient (Wildman–Crippen LogP) is 5.44. The fourth-order valence-electron chi connectivity index (χ4n) is 3.85. The zero-order valence-corrected chi connectivity index (χ0v) is 15.4. The van der Waals surface area contributed by atoms with Crippen LogP contribution in [0.25, 0.3) is 0 Å². The molecule has 2 rings (SSSR count). The van der Waals surface area contributed by atoms with Gasteiger partial charge in [-0.3, -0.25) is 4.79 Å². The quantitative estimate of drug-likeness (QED) is 0.736. The van der Waals surface area contributed by atoms with Gasteiger partial charge in [0.2, 0.25) is 0 Å². The smallest absolute Gasteiger partial charge is 0.251 e. The average molecular weight is 373 g/mol. The van der Waals surface area contributed by atoms with Crippen molar-refractivity contribution >= 4 is 33.4 Å². The predicted molar refractivity (Wildman–Crippen MR) is 91.8 cm³/mol. The molecule has 0 bridgehead atoms. The lowest BCUT2D eigenvalue weighted by molar-refractivity contribution is 0.0713. The van der Waals surface area contributed by atoms with E-state index >= 15 is 0 Å². The van der Waals surface area contributed by atoms with Crippen LogP contribution in [0.2, 0.25) is 5.02 Å². The third kappa shape index (κ3) is 4.46. The van der Waals surface area contributed by atoms with Gasteiger partial charge in [-0.25, -0.2) is 0 Å². The van der Waals surface area contributed by atoms with Gasteiger partial charge in [-0.1, -0.05) is 39.3 Å². The second-order valence-electron chi connectivity index (χ2n) is 7.71. The van der Waals surface area contributed by atoms with Crippen molar-refractivity contribution in [1.82, 2.24) is 5.32 Å². The third-order valence-electron chi connectivity index (χ3n) is 4.07. The molecular formula is C17H23BrClNO. The number of hydrogen-bond donors (Lipinski definition) is 1. The Morgan fingerprint density at radius 1 is 1.24 bits per heavy atom. The normalized spacial score (nSPS) is 21.0. The Bertz CT molecular complexity index is 538. The van der Waals surface area contributed by atoms with Gasteiger partial charge in [0.1, 0.15) is 0 Å². The van der Waals surface area contributed by atoms with Gasteiger partial charge < -0.3 is 5.32 Å². The first-order valence-corrected chi connectivity index (χ1v) is 8.51. The summed E-state index contributed by atoms with van der Waals surface area (Å²) in [7, 11) is 0. The van der Waals surface area contributed by atoms with Crippen LogP contribution in [-0.2, 0) is 0 Å². The first-order valence-electron chi connectivity index (χ1n) is 7.34. The van der Waals surface area contributed by atoms with Crippen LogP contribution in [0.5, 0.6) is 0 Å². The molecule has 1 aromatic rings. The van der Waals surface area contributed by atoms with Crippen molar-refractivity contribution in [3.8, 4) is 0 Å². The summed E-state index contributed by atoms with van der Waals surface area (Å²) in [6, 6.07) is 5.54. The molecule has 1 fully saturated rings. The molecule has 1 aliphatic rings. The lowest BCUT2D eigenvalue weighted by atomic mass is 9.63. The van der Waals surface area contributed by atoms with E-state index in [1.807, 2.05) is 6.07 Å². The van der Waals surface area contributed by atoms with Gasteiger partial charge in [-0.15, -0.1) is 0 Å². The lowest BCUT2D eigenvalue weighted by Crippen LogP contribution is -2.46. The number of carbonyl (C=O) groups excluding carboxylic acids is 1. The molecule has 1 aromatic carbocycles. The number of rotatable bonds is 2. The van der Waals surface area contributed by atoms with Crippen LogP contribution in [-0.4, -0.2) is 11.9 Å². The molecule has 1 amide bonds. The average Bonchev–Trinajstić information content (AvgIpc) is 2.28. The van der Waals surface area contributed by atoms with Crippen molar-refractivity contribution in [2.45, 2.75) is 53.0 Å². The summed E-state index contributed by atoms with van der Waals surface area (Å²) in [5, 5.41) is 3.74. The minimum absolute atomic E-state index is 0.0390. The van der Waals surface area contributed by atoms with E-state index in [2.05, 4.69) is 48.9 Å². The topological polar surface area (TPSA) is 29.1 Å². The molecule has 0 aliphatic heterocycles. The highest BCUT2D eigenvalue weighted by atomic mass is 79.9. The Labute approximate surface area is 140 Å². The molecule has 1 aliphatic carbocycles. The Kier molecular flexibility index (Phi) is 4.75. The van der Waals surface area contributed by atoms with Crippen molar-refractivity contribution in [2.24, 2.45) is 10.8 Å². The van der Waals surface area contributed by atoms with Crippen LogP contribution in [0.1, 0.15) is 57.3 Å². The SMILES string of the molecule is CC1(C)CC(NC(=O)c2ccc(Br)c(Cl)c2)CC(C)(C)C1. The summed E-state index contributed by atoms with van der Waals surface area (Å²) in [6.07, 6.45) is 3.23. The first-order chi connectivity index (χ1) is 9.58. The molecule has 4 heteroatoms. The van der Waals surface area contributed by atoms with Crippen LogP contribution < -0.4 is 5.32 Å². The molecule has 1 N–H and O–H groups in total. The van der Waals surface area contributed by atoms with E-state index in [1.165, 1.54) is 6.42 Å². The van der Waals surface area contributed by atoms with E-state index in [1.54, 1.807) is 12.1 Å². The van der Waals surface area contributed by atoms with Crippen molar-refractivity contribution in [2.75, 3.05) is 0 Å². The molecule has 0 heterocycles. The highest BCUT2D eigenvalue weighted by Crippen LogP contribution is 2.45. The van der Waals surface area contributed by atoms with E-state index in [9.17, 15) is 4.79 Å². The summed E-state index contributed by atoms with van der Waals surface area (Å²) in [5.41, 5.74) is 1.14. The van der Waals surface area contributed by atoms with Gasteiger partial charge in [0.05, 0.1) is 5.02 Å². The van der Waals surface area contributed by atoms with Gasteiger partial charge in [0.25, 0.3) is 5.91 Å². The Morgan fingerprint density at radius 3 is 2.33 bits per heavy atom. The number of carbonyl (C=O) groups is 1. The van der Waals surface area contributed by atoms with Gasteiger partial charge in [0.15, 0.2) is 0 Å². The number of hydrogen-bond acceptors (Lipinski definition) is 1. The minimum Gasteiger partial charge on any atom is -0.349 e. The maximum absolute atomic E-state index is 12.4. The molecule has 0 unspecified atom stereocenters. The summed E-state index contributed by atoms with van der Waals surface area (Å²) in [5.74, 6) is -0.0390. The van der Waals surface area contributed by atoms with E-state index in [0.29, 0.717) is 10.6 Å². The van der Waals surface area contributed by atoms with E-state index < -0.39 is 0 Å². The monoisotopic (exact) mass is 371 g/mol. The van der Waals surface area contributed by atoms with Crippen molar-refractivity contribution in [3.63, 3.8) is 0 Å². The number of nitrogens with one attached hydrogen (secondary N) is 1. The van der Waals surface area contributed by atoms with Gasteiger partial charge in [0, 0.05) is 16.1 Å². The van der Waals surface area contributed by atoms with E-state index in [0.717, 1.165) is 17.3 Å². The van der Waals surface area contributed by atoms with Crippen molar-refractivity contribution in [3.05, 3.63) is 33.3 Å². The fourth-order valence-corrected chi connectivity index (χ4v) is 4.28. The zero-order valence-electron chi connectivity index (χ0n) is 13.1. The van der Waals surface area contributed by atoms with E-state index in [-0.39, 0.29) is 22.8 Å². The first kappa shape index (κ1) is 16.8. The highest BCUT2D eigenvalue weighted by Gasteiger charge is 2.38. The zero-order chi connectivity index (χ0) is 15.8. The number of halogens is 2. The third-order valence-corrected chi connectivity index (χ3v) is 5.30.